The molecule has 0 fully saturated rings. The summed E-state index contributed by atoms with van der Waals surface area (Å²) in [5.74, 6) is 0.730. The standard InChI is InChI=1S/C10H14N4O/c1-10(15,6-11)4-9-13-7-2-3-12-5-8(7)14-9/h2-3,5,15H,4,6,11H2,1H3,(H,13,14). The molecule has 0 amide bonds. The quantitative estimate of drug-likeness (QED) is 0.670. The highest BCUT2D eigenvalue weighted by atomic mass is 16.3. The Bertz CT molecular complexity index is 430. The number of aromatic amines is 1. The number of nitrogens with one attached hydrogen (secondary N) is 1. The van der Waals surface area contributed by atoms with E-state index in [1.54, 1.807) is 19.3 Å². The number of aliphatic hydroxyl groups is 1. The molecule has 0 spiro atoms. The summed E-state index contributed by atoms with van der Waals surface area (Å²) in [6, 6.07) is 1.83. The van der Waals surface area contributed by atoms with Crippen molar-refractivity contribution in [2.24, 2.45) is 5.73 Å². The third-order valence-electron chi connectivity index (χ3n) is 2.32. The van der Waals surface area contributed by atoms with Gasteiger partial charge in [0.1, 0.15) is 5.82 Å². The van der Waals surface area contributed by atoms with Gasteiger partial charge in [-0.3, -0.25) is 4.98 Å². The van der Waals surface area contributed by atoms with Gasteiger partial charge in [0.25, 0.3) is 0 Å². The van der Waals surface area contributed by atoms with Gasteiger partial charge in [0.05, 0.1) is 22.8 Å². The normalized spacial score (nSPS) is 15.4. The fourth-order valence-corrected chi connectivity index (χ4v) is 1.43. The number of nitrogens with zero attached hydrogens (tertiary/aromatic N) is 2. The fraction of sp³-hybridized carbons (Fsp3) is 0.400. The summed E-state index contributed by atoms with van der Waals surface area (Å²) in [5.41, 5.74) is 6.26. The van der Waals surface area contributed by atoms with Gasteiger partial charge in [-0.2, -0.15) is 0 Å². The van der Waals surface area contributed by atoms with E-state index in [2.05, 4.69) is 15.0 Å². The summed E-state index contributed by atoms with van der Waals surface area (Å²) in [5, 5.41) is 9.80. The van der Waals surface area contributed by atoms with Crippen molar-refractivity contribution >= 4 is 11.0 Å². The number of fused-ring (bicyclic) bond motifs is 1. The van der Waals surface area contributed by atoms with Gasteiger partial charge in [-0.25, -0.2) is 4.98 Å². The van der Waals surface area contributed by atoms with Gasteiger partial charge in [0, 0.05) is 19.2 Å². The monoisotopic (exact) mass is 206 g/mol. The molecule has 80 valence electrons. The van der Waals surface area contributed by atoms with Gasteiger partial charge < -0.3 is 15.8 Å². The number of hydrogen-bond donors (Lipinski definition) is 3. The number of nitrogens with two attached hydrogens (primary N) is 1. The molecule has 2 rings (SSSR count). The van der Waals surface area contributed by atoms with E-state index in [0.717, 1.165) is 16.9 Å². The number of pyridine rings is 1. The maximum atomic E-state index is 9.80. The molecule has 0 aliphatic rings. The Morgan fingerprint density at radius 3 is 3.07 bits per heavy atom. The van der Waals surface area contributed by atoms with Gasteiger partial charge in [-0.05, 0) is 13.0 Å². The number of rotatable bonds is 3. The van der Waals surface area contributed by atoms with Crippen LogP contribution in [0.25, 0.3) is 11.0 Å². The Balaban J connectivity index is 2.30. The lowest BCUT2D eigenvalue weighted by atomic mass is 10.0. The Labute approximate surface area is 87.4 Å². The molecule has 0 radical (unpaired) electrons. The van der Waals surface area contributed by atoms with Crippen LogP contribution in [0.3, 0.4) is 0 Å². The van der Waals surface area contributed by atoms with Gasteiger partial charge in [0.2, 0.25) is 0 Å². The summed E-state index contributed by atoms with van der Waals surface area (Å²) in [7, 11) is 0. The zero-order chi connectivity index (χ0) is 10.9. The first-order valence-corrected chi connectivity index (χ1v) is 4.82. The summed E-state index contributed by atoms with van der Waals surface area (Å²) >= 11 is 0. The van der Waals surface area contributed by atoms with Crippen molar-refractivity contribution in [2.75, 3.05) is 6.54 Å². The van der Waals surface area contributed by atoms with E-state index < -0.39 is 5.60 Å². The van der Waals surface area contributed by atoms with Crippen molar-refractivity contribution in [3.05, 3.63) is 24.3 Å². The molecule has 0 aromatic carbocycles. The minimum absolute atomic E-state index is 0.211. The zero-order valence-corrected chi connectivity index (χ0v) is 8.57. The van der Waals surface area contributed by atoms with Gasteiger partial charge in [0.15, 0.2) is 0 Å². The molecule has 5 nitrogen and oxygen atoms in total. The lowest BCUT2D eigenvalue weighted by Crippen LogP contribution is -2.36. The number of aromatic nitrogens is 3. The van der Waals surface area contributed by atoms with Crippen LogP contribution in [-0.2, 0) is 6.42 Å². The molecule has 15 heavy (non-hydrogen) atoms. The fourth-order valence-electron chi connectivity index (χ4n) is 1.43. The van der Waals surface area contributed by atoms with E-state index in [4.69, 9.17) is 5.73 Å². The van der Waals surface area contributed by atoms with Crippen LogP contribution in [0.1, 0.15) is 12.7 Å². The Morgan fingerprint density at radius 2 is 2.40 bits per heavy atom. The van der Waals surface area contributed by atoms with Crippen LogP contribution in [0.2, 0.25) is 0 Å². The molecule has 0 saturated heterocycles. The lowest BCUT2D eigenvalue weighted by Gasteiger charge is -2.18. The number of imidazole rings is 1. The molecule has 2 aromatic rings. The maximum Gasteiger partial charge on any atom is 0.110 e. The van der Waals surface area contributed by atoms with Crippen LogP contribution in [-0.4, -0.2) is 32.2 Å². The molecule has 2 heterocycles. The van der Waals surface area contributed by atoms with E-state index in [-0.39, 0.29) is 6.54 Å². The summed E-state index contributed by atoms with van der Waals surface area (Å²) in [4.78, 5) is 11.4. The minimum Gasteiger partial charge on any atom is -0.388 e. The topological polar surface area (TPSA) is 87.8 Å². The summed E-state index contributed by atoms with van der Waals surface area (Å²) < 4.78 is 0. The first-order chi connectivity index (χ1) is 7.11. The van der Waals surface area contributed by atoms with E-state index in [0.29, 0.717) is 6.42 Å². The van der Waals surface area contributed by atoms with Crippen LogP contribution < -0.4 is 5.73 Å². The third kappa shape index (κ3) is 2.14. The average molecular weight is 206 g/mol. The Hall–Kier alpha value is -1.46. The second-order valence-electron chi connectivity index (χ2n) is 3.95. The van der Waals surface area contributed by atoms with Gasteiger partial charge in [-0.15, -0.1) is 0 Å². The molecule has 5 heteroatoms. The Kier molecular flexibility index (Phi) is 2.42. The molecule has 1 atom stereocenters. The molecule has 4 N–H and O–H groups in total. The van der Waals surface area contributed by atoms with Gasteiger partial charge >= 0.3 is 0 Å². The van der Waals surface area contributed by atoms with Crippen LogP contribution in [0.4, 0.5) is 0 Å². The lowest BCUT2D eigenvalue weighted by molar-refractivity contribution is 0.0678. The number of H-pyrrole nitrogens is 1. The SMILES string of the molecule is CC(O)(CN)Cc1nc2ccncc2[nH]1. The molecule has 1 unspecified atom stereocenters. The van der Waals surface area contributed by atoms with Crippen LogP contribution >= 0.6 is 0 Å². The van der Waals surface area contributed by atoms with Crippen molar-refractivity contribution in [2.45, 2.75) is 18.9 Å². The largest absolute Gasteiger partial charge is 0.388 e. The van der Waals surface area contributed by atoms with Crippen LogP contribution in [0.5, 0.6) is 0 Å². The predicted molar refractivity (Wildman–Crippen MR) is 57.3 cm³/mol. The number of hydrogen-bond acceptors (Lipinski definition) is 4. The predicted octanol–water partition coefficient (Wildman–Crippen LogP) is 0.210. The highest BCUT2D eigenvalue weighted by molar-refractivity contribution is 5.73. The average Bonchev–Trinajstić information content (AvgIpc) is 2.58. The van der Waals surface area contributed by atoms with Crippen molar-refractivity contribution in [1.29, 1.82) is 0 Å². The van der Waals surface area contributed by atoms with Crippen molar-refractivity contribution in [1.82, 2.24) is 15.0 Å². The minimum atomic E-state index is -0.915. The Morgan fingerprint density at radius 1 is 1.60 bits per heavy atom. The molecular formula is C10H14N4O. The summed E-state index contributed by atoms with van der Waals surface area (Å²) in [6.07, 6.45) is 3.81. The van der Waals surface area contributed by atoms with E-state index in [1.807, 2.05) is 6.07 Å². The van der Waals surface area contributed by atoms with E-state index in [1.165, 1.54) is 0 Å². The zero-order valence-electron chi connectivity index (χ0n) is 8.57. The summed E-state index contributed by atoms with van der Waals surface area (Å²) in [6.45, 7) is 1.90. The molecule has 0 aliphatic carbocycles. The molecular weight excluding hydrogens is 192 g/mol. The van der Waals surface area contributed by atoms with Crippen molar-refractivity contribution in [3.63, 3.8) is 0 Å². The molecule has 0 aliphatic heterocycles. The van der Waals surface area contributed by atoms with Crippen LogP contribution in [0.15, 0.2) is 18.5 Å². The van der Waals surface area contributed by atoms with Crippen molar-refractivity contribution in [3.8, 4) is 0 Å². The van der Waals surface area contributed by atoms with E-state index in [9.17, 15) is 5.11 Å². The maximum absolute atomic E-state index is 9.80. The second kappa shape index (κ2) is 3.60. The highest BCUT2D eigenvalue weighted by Gasteiger charge is 2.20. The molecule has 0 bridgehead atoms. The first-order valence-electron chi connectivity index (χ1n) is 4.82. The van der Waals surface area contributed by atoms with Crippen LogP contribution in [0, 0.1) is 0 Å². The first kappa shape index (κ1) is 10.1. The van der Waals surface area contributed by atoms with Crippen molar-refractivity contribution < 1.29 is 5.11 Å². The highest BCUT2D eigenvalue weighted by Crippen LogP contribution is 2.13. The molecule has 2 aromatic heterocycles. The second-order valence-corrected chi connectivity index (χ2v) is 3.95. The molecule has 0 saturated carbocycles. The van der Waals surface area contributed by atoms with E-state index >= 15 is 0 Å². The third-order valence-corrected chi connectivity index (χ3v) is 2.32. The smallest absolute Gasteiger partial charge is 0.110 e. The van der Waals surface area contributed by atoms with Gasteiger partial charge in [-0.1, -0.05) is 0 Å².